The molecule has 0 bridgehead atoms. The zero-order valence-corrected chi connectivity index (χ0v) is 20.7. The maximum atomic E-state index is 12.6. The predicted molar refractivity (Wildman–Crippen MR) is 140 cm³/mol. The summed E-state index contributed by atoms with van der Waals surface area (Å²) in [6, 6.07) is 22.3. The molecule has 1 amide bonds. The molecule has 7 heteroatoms. The van der Waals surface area contributed by atoms with Crippen molar-refractivity contribution in [2.24, 2.45) is 0 Å². The number of nitrogens with one attached hydrogen (secondary N) is 2. The van der Waals surface area contributed by atoms with Gasteiger partial charge in [0.2, 0.25) is 5.91 Å². The van der Waals surface area contributed by atoms with Gasteiger partial charge >= 0.3 is 0 Å². The van der Waals surface area contributed by atoms with E-state index in [1.54, 1.807) is 0 Å². The molecule has 0 radical (unpaired) electrons. The van der Waals surface area contributed by atoms with Crippen LogP contribution in [-0.2, 0) is 11.3 Å². The number of hydrogen-bond acceptors (Lipinski definition) is 5. The first-order valence-electron chi connectivity index (χ1n) is 11.2. The molecule has 0 aliphatic rings. The summed E-state index contributed by atoms with van der Waals surface area (Å²) < 4.78 is 2.01. The van der Waals surface area contributed by atoms with E-state index in [2.05, 4.69) is 58.9 Å². The first-order chi connectivity index (χ1) is 16.4. The van der Waals surface area contributed by atoms with Crippen molar-refractivity contribution in [1.82, 2.24) is 14.8 Å². The Morgan fingerprint density at radius 1 is 0.882 bits per heavy atom. The number of rotatable bonds is 8. The second kappa shape index (κ2) is 10.6. The number of carbonyl (C=O) groups excluding carboxylic acids is 1. The third-order valence-electron chi connectivity index (χ3n) is 5.46. The molecule has 6 nitrogen and oxygen atoms in total. The molecule has 0 saturated carbocycles. The molecule has 4 aromatic rings. The highest BCUT2D eigenvalue weighted by atomic mass is 32.2. The SMILES string of the molecule is Cc1cc(C)cc(NC(=O)CSc2nnc(CNc3c(C)cccc3C)n2-c2ccccc2)c1. The molecule has 0 aliphatic carbocycles. The van der Waals surface area contributed by atoms with E-state index in [9.17, 15) is 4.79 Å². The average Bonchev–Trinajstić information content (AvgIpc) is 3.20. The van der Waals surface area contributed by atoms with Crippen LogP contribution in [0, 0.1) is 27.7 Å². The fourth-order valence-electron chi connectivity index (χ4n) is 3.98. The highest BCUT2D eigenvalue weighted by Gasteiger charge is 2.16. The molecule has 1 aromatic heterocycles. The van der Waals surface area contributed by atoms with E-state index in [1.165, 1.54) is 22.9 Å². The smallest absolute Gasteiger partial charge is 0.234 e. The Bertz CT molecular complexity index is 1260. The van der Waals surface area contributed by atoms with Gasteiger partial charge in [0.1, 0.15) is 0 Å². The summed E-state index contributed by atoms with van der Waals surface area (Å²) in [5.41, 5.74) is 7.48. The second-order valence-electron chi connectivity index (χ2n) is 8.40. The number of amides is 1. The van der Waals surface area contributed by atoms with Crippen LogP contribution in [0.5, 0.6) is 0 Å². The Balaban J connectivity index is 1.52. The summed E-state index contributed by atoms with van der Waals surface area (Å²) in [6.07, 6.45) is 0. The third-order valence-corrected chi connectivity index (χ3v) is 6.39. The number of nitrogens with zero attached hydrogens (tertiary/aromatic N) is 3. The van der Waals surface area contributed by atoms with Crippen molar-refractivity contribution in [2.75, 3.05) is 16.4 Å². The Hall–Kier alpha value is -3.58. The summed E-state index contributed by atoms with van der Waals surface area (Å²) in [4.78, 5) is 12.6. The minimum Gasteiger partial charge on any atom is -0.377 e. The highest BCUT2D eigenvalue weighted by molar-refractivity contribution is 7.99. The number of thioether (sulfide) groups is 1. The quantitative estimate of drug-likeness (QED) is 0.316. The molecular formula is C27H29N5OS. The second-order valence-corrected chi connectivity index (χ2v) is 9.35. The third kappa shape index (κ3) is 5.66. The van der Waals surface area contributed by atoms with Gasteiger partial charge in [-0.15, -0.1) is 10.2 Å². The van der Waals surface area contributed by atoms with Gasteiger partial charge in [0.05, 0.1) is 12.3 Å². The maximum Gasteiger partial charge on any atom is 0.234 e. The largest absolute Gasteiger partial charge is 0.377 e. The molecule has 0 spiro atoms. The van der Waals surface area contributed by atoms with Gasteiger partial charge in [-0.25, -0.2) is 0 Å². The van der Waals surface area contributed by atoms with E-state index in [-0.39, 0.29) is 11.7 Å². The normalized spacial score (nSPS) is 10.8. The summed E-state index contributed by atoms with van der Waals surface area (Å²) >= 11 is 1.38. The van der Waals surface area contributed by atoms with Crippen molar-refractivity contribution in [3.05, 3.63) is 94.8 Å². The van der Waals surface area contributed by atoms with Gasteiger partial charge in [0, 0.05) is 17.1 Å². The van der Waals surface area contributed by atoms with Gasteiger partial charge in [-0.2, -0.15) is 0 Å². The van der Waals surface area contributed by atoms with Crippen molar-refractivity contribution in [3.63, 3.8) is 0 Å². The number of aromatic nitrogens is 3. The van der Waals surface area contributed by atoms with Crippen LogP contribution in [0.3, 0.4) is 0 Å². The number of hydrogen-bond donors (Lipinski definition) is 2. The summed E-state index contributed by atoms with van der Waals surface area (Å²) in [7, 11) is 0. The first-order valence-corrected chi connectivity index (χ1v) is 12.2. The van der Waals surface area contributed by atoms with E-state index in [0.29, 0.717) is 11.7 Å². The van der Waals surface area contributed by atoms with Gasteiger partial charge in [0.15, 0.2) is 11.0 Å². The maximum absolute atomic E-state index is 12.6. The summed E-state index contributed by atoms with van der Waals surface area (Å²) in [6.45, 7) is 8.74. The van der Waals surface area contributed by atoms with Gasteiger partial charge in [-0.05, 0) is 74.2 Å². The number of para-hydroxylation sites is 2. The number of benzene rings is 3. The van der Waals surface area contributed by atoms with Crippen LogP contribution in [0.15, 0.2) is 71.9 Å². The first kappa shape index (κ1) is 23.6. The van der Waals surface area contributed by atoms with E-state index < -0.39 is 0 Å². The topological polar surface area (TPSA) is 71.8 Å². The molecule has 0 saturated heterocycles. The molecule has 0 unspecified atom stereocenters. The Morgan fingerprint density at radius 3 is 2.24 bits per heavy atom. The lowest BCUT2D eigenvalue weighted by molar-refractivity contribution is -0.113. The zero-order valence-electron chi connectivity index (χ0n) is 19.9. The van der Waals surface area contributed by atoms with E-state index in [4.69, 9.17) is 0 Å². The standard InChI is InChI=1S/C27H29N5OS/c1-18-13-19(2)15-22(14-18)29-25(33)17-34-27-31-30-24(32(27)23-11-6-5-7-12-23)16-28-26-20(3)9-8-10-21(26)4/h5-15,28H,16-17H2,1-4H3,(H,29,33). The van der Waals surface area contributed by atoms with Gasteiger partial charge < -0.3 is 10.6 Å². The van der Waals surface area contributed by atoms with Gasteiger partial charge in [0.25, 0.3) is 0 Å². The molecule has 0 aliphatic heterocycles. The monoisotopic (exact) mass is 471 g/mol. The van der Waals surface area contributed by atoms with Crippen molar-refractivity contribution < 1.29 is 4.79 Å². The number of aryl methyl sites for hydroxylation is 4. The fourth-order valence-corrected chi connectivity index (χ4v) is 4.75. The van der Waals surface area contributed by atoms with Crippen LogP contribution in [0.4, 0.5) is 11.4 Å². The minimum absolute atomic E-state index is 0.0761. The predicted octanol–water partition coefficient (Wildman–Crippen LogP) is 5.84. The summed E-state index contributed by atoms with van der Waals surface area (Å²) in [5.74, 6) is 0.946. The van der Waals surface area contributed by atoms with Crippen LogP contribution >= 0.6 is 11.8 Å². The Labute approximate surface area is 204 Å². The number of anilines is 2. The van der Waals surface area contributed by atoms with Crippen molar-refractivity contribution in [2.45, 2.75) is 39.4 Å². The fraction of sp³-hybridized carbons (Fsp3) is 0.222. The lowest BCUT2D eigenvalue weighted by atomic mass is 10.1. The molecule has 1 heterocycles. The molecule has 4 rings (SSSR count). The van der Waals surface area contributed by atoms with E-state index >= 15 is 0 Å². The molecule has 3 aromatic carbocycles. The molecule has 0 atom stereocenters. The molecule has 0 fully saturated rings. The Morgan fingerprint density at radius 2 is 1.56 bits per heavy atom. The van der Waals surface area contributed by atoms with Crippen molar-refractivity contribution >= 4 is 29.0 Å². The van der Waals surface area contributed by atoms with Gasteiger partial charge in [-0.1, -0.05) is 54.2 Å². The molecule has 2 N–H and O–H groups in total. The van der Waals surface area contributed by atoms with Crippen molar-refractivity contribution in [3.8, 4) is 5.69 Å². The Kier molecular flexibility index (Phi) is 7.33. The van der Waals surface area contributed by atoms with Crippen LogP contribution in [0.2, 0.25) is 0 Å². The molecule has 174 valence electrons. The van der Waals surface area contributed by atoms with Crippen LogP contribution in [0.25, 0.3) is 5.69 Å². The summed E-state index contributed by atoms with van der Waals surface area (Å²) in [5, 5.41) is 16.1. The van der Waals surface area contributed by atoms with Gasteiger partial charge in [-0.3, -0.25) is 9.36 Å². The number of carbonyl (C=O) groups is 1. The average molecular weight is 472 g/mol. The minimum atomic E-state index is -0.0761. The lowest BCUT2D eigenvalue weighted by Crippen LogP contribution is -2.15. The van der Waals surface area contributed by atoms with E-state index in [1.807, 2.05) is 60.9 Å². The van der Waals surface area contributed by atoms with Crippen LogP contribution in [0.1, 0.15) is 28.1 Å². The molecule has 34 heavy (non-hydrogen) atoms. The highest BCUT2D eigenvalue weighted by Crippen LogP contribution is 2.25. The van der Waals surface area contributed by atoms with Crippen molar-refractivity contribution in [1.29, 1.82) is 0 Å². The zero-order chi connectivity index (χ0) is 24.1. The van der Waals surface area contributed by atoms with E-state index in [0.717, 1.165) is 34.0 Å². The van der Waals surface area contributed by atoms with Crippen LogP contribution in [-0.4, -0.2) is 26.4 Å². The molecular weight excluding hydrogens is 442 g/mol. The lowest BCUT2D eigenvalue weighted by Gasteiger charge is -2.14. The van der Waals surface area contributed by atoms with Crippen LogP contribution < -0.4 is 10.6 Å².